The van der Waals surface area contributed by atoms with Crippen LogP contribution in [-0.2, 0) is 11.0 Å². The zero-order valence-electron chi connectivity index (χ0n) is 20.2. The number of aromatic nitrogens is 4. The Balaban J connectivity index is 1.11. The molecule has 0 aliphatic heterocycles. The second-order valence-corrected chi connectivity index (χ2v) is 9.89. The van der Waals surface area contributed by atoms with E-state index in [1.807, 2.05) is 42.5 Å². The van der Waals surface area contributed by atoms with Crippen LogP contribution in [0.2, 0.25) is 0 Å². The first-order chi connectivity index (χ1) is 18.7. The number of anilines is 1. The number of oxazole rings is 1. The third-order valence-electron chi connectivity index (χ3n) is 6.08. The highest BCUT2D eigenvalue weighted by Gasteiger charge is 2.19. The summed E-state index contributed by atoms with van der Waals surface area (Å²) in [6, 6.07) is 21.8. The summed E-state index contributed by atoms with van der Waals surface area (Å²) in [4.78, 5) is 14.3. The lowest BCUT2D eigenvalue weighted by molar-refractivity contribution is 0.596. The van der Waals surface area contributed by atoms with Crippen molar-refractivity contribution in [3.05, 3.63) is 97.3 Å². The number of benzene rings is 3. The van der Waals surface area contributed by atoms with E-state index in [1.165, 1.54) is 12.1 Å². The van der Waals surface area contributed by atoms with Gasteiger partial charge in [-0.25, -0.2) is 23.3 Å². The molecule has 8 nitrogen and oxygen atoms in total. The van der Waals surface area contributed by atoms with Gasteiger partial charge in [-0.2, -0.15) is 4.98 Å². The fourth-order valence-corrected chi connectivity index (χ4v) is 5.16. The van der Waals surface area contributed by atoms with Gasteiger partial charge in [-0.3, -0.25) is 4.40 Å². The zero-order valence-corrected chi connectivity index (χ0v) is 21.0. The molecule has 1 unspecified atom stereocenters. The minimum atomic E-state index is -1.29. The first kappa shape index (κ1) is 24.0. The van der Waals surface area contributed by atoms with Gasteiger partial charge in [0, 0.05) is 31.0 Å². The Morgan fingerprint density at radius 3 is 2.66 bits per heavy atom. The van der Waals surface area contributed by atoms with E-state index in [0.29, 0.717) is 42.7 Å². The topological polar surface area (TPSA) is 97.3 Å². The summed E-state index contributed by atoms with van der Waals surface area (Å²) < 4.78 is 36.5. The average molecular weight is 527 g/mol. The number of imidazole rings is 1. The number of hydrogen-bond donors (Lipinski definition) is 2. The normalized spacial score (nSPS) is 12.2. The van der Waals surface area contributed by atoms with Crippen LogP contribution in [0.3, 0.4) is 0 Å². The van der Waals surface area contributed by atoms with Crippen molar-refractivity contribution in [3.8, 4) is 22.6 Å². The van der Waals surface area contributed by atoms with Gasteiger partial charge < -0.3 is 9.73 Å². The fourth-order valence-electron chi connectivity index (χ4n) is 4.23. The molecule has 0 amide bonds. The van der Waals surface area contributed by atoms with Crippen molar-refractivity contribution in [3.63, 3.8) is 0 Å². The van der Waals surface area contributed by atoms with E-state index in [1.54, 1.807) is 41.3 Å². The van der Waals surface area contributed by atoms with Gasteiger partial charge in [-0.05, 0) is 59.7 Å². The Labute approximate surface area is 220 Å². The third-order valence-corrected chi connectivity index (χ3v) is 7.23. The van der Waals surface area contributed by atoms with Crippen LogP contribution in [0.25, 0.3) is 39.3 Å². The molecule has 6 aromatic rings. The van der Waals surface area contributed by atoms with Gasteiger partial charge in [0.2, 0.25) is 5.95 Å². The van der Waals surface area contributed by atoms with Crippen molar-refractivity contribution in [2.75, 3.05) is 18.4 Å². The zero-order chi connectivity index (χ0) is 25.9. The maximum absolute atomic E-state index is 13.5. The molecule has 38 heavy (non-hydrogen) atoms. The first-order valence-electron chi connectivity index (χ1n) is 12.1. The molecule has 0 radical (unpaired) electrons. The Kier molecular flexibility index (Phi) is 6.63. The molecule has 0 bridgehead atoms. The van der Waals surface area contributed by atoms with E-state index in [4.69, 9.17) is 4.42 Å². The van der Waals surface area contributed by atoms with Gasteiger partial charge >= 0.3 is 5.84 Å². The Bertz CT molecular complexity index is 1750. The highest BCUT2D eigenvalue weighted by molar-refractivity contribution is 7.83. The van der Waals surface area contributed by atoms with Crippen LogP contribution in [-0.4, -0.2) is 36.7 Å². The minimum Gasteiger partial charge on any atom is -0.432 e. The molecule has 0 fully saturated rings. The number of fused-ring (bicyclic) bond motifs is 2. The standard InChI is InChI=1S/C28H23FN6O2S/c29-22-9-6-20(7-10-22)25-26(35-16-17-37-28(35)34-25)24-12-15-31-27(33-24)30-13-3-14-32-38(36)23-11-8-19-4-1-2-5-21(19)18-23/h1-2,4-12,15-18,32H,3,13-14H2,(H,30,31,33). The molecule has 0 spiro atoms. The van der Waals surface area contributed by atoms with Crippen LogP contribution in [0, 0.1) is 5.82 Å². The lowest BCUT2D eigenvalue weighted by Crippen LogP contribution is -2.21. The number of halogens is 1. The maximum Gasteiger partial charge on any atom is 0.306 e. The summed E-state index contributed by atoms with van der Waals surface area (Å²) in [5.74, 6) is 0.557. The third kappa shape index (κ3) is 4.91. The van der Waals surface area contributed by atoms with E-state index in [2.05, 4.69) is 25.0 Å². The molecule has 3 aromatic heterocycles. The smallest absolute Gasteiger partial charge is 0.306 e. The van der Waals surface area contributed by atoms with Crippen molar-refractivity contribution in [1.82, 2.24) is 24.1 Å². The van der Waals surface area contributed by atoms with Crippen molar-refractivity contribution in [2.45, 2.75) is 11.3 Å². The molecule has 0 saturated heterocycles. The van der Waals surface area contributed by atoms with Gasteiger partial charge in [0.25, 0.3) is 0 Å². The largest absolute Gasteiger partial charge is 0.432 e. The molecule has 6 rings (SSSR count). The van der Waals surface area contributed by atoms with Crippen molar-refractivity contribution in [2.24, 2.45) is 0 Å². The van der Waals surface area contributed by atoms with Crippen LogP contribution >= 0.6 is 0 Å². The quantitative estimate of drug-likeness (QED) is 0.243. The van der Waals surface area contributed by atoms with Crippen molar-refractivity contribution < 1.29 is 13.0 Å². The summed E-state index contributed by atoms with van der Waals surface area (Å²) in [6.45, 7) is 1.14. The Morgan fingerprint density at radius 1 is 0.947 bits per heavy atom. The molecule has 190 valence electrons. The first-order valence-corrected chi connectivity index (χ1v) is 13.2. The molecule has 1 atom stereocenters. The number of nitrogens with one attached hydrogen (secondary N) is 2. The highest BCUT2D eigenvalue weighted by Crippen LogP contribution is 2.32. The van der Waals surface area contributed by atoms with E-state index < -0.39 is 11.0 Å². The summed E-state index contributed by atoms with van der Waals surface area (Å²) in [7, 11) is -1.29. The van der Waals surface area contributed by atoms with Gasteiger partial charge in [0.05, 0.1) is 10.6 Å². The van der Waals surface area contributed by atoms with Gasteiger partial charge in [-0.15, -0.1) is 0 Å². The summed E-state index contributed by atoms with van der Waals surface area (Å²) in [6.07, 6.45) is 5.70. The molecule has 3 heterocycles. The SMILES string of the molecule is O=S(NCCCNc1nccc(-c2c(-c3ccc(F)cc3)nc3occn23)n1)c1ccc2ccccc2c1. The molecular formula is C28H23FN6O2S. The molecule has 10 heteroatoms. The molecule has 0 aliphatic rings. The second kappa shape index (κ2) is 10.5. The Hall–Kier alpha value is -4.41. The van der Waals surface area contributed by atoms with Crippen LogP contribution in [0.4, 0.5) is 10.3 Å². The van der Waals surface area contributed by atoms with Crippen molar-refractivity contribution in [1.29, 1.82) is 0 Å². The lowest BCUT2D eigenvalue weighted by atomic mass is 10.1. The predicted octanol–water partition coefficient (Wildman–Crippen LogP) is 5.46. The molecule has 3 aromatic carbocycles. The lowest BCUT2D eigenvalue weighted by Gasteiger charge is -2.09. The predicted molar refractivity (Wildman–Crippen MR) is 145 cm³/mol. The van der Waals surface area contributed by atoms with E-state index in [-0.39, 0.29) is 5.82 Å². The average Bonchev–Trinajstić information content (AvgIpc) is 3.55. The van der Waals surface area contributed by atoms with Crippen LogP contribution in [0.5, 0.6) is 0 Å². The number of nitrogens with zero attached hydrogens (tertiary/aromatic N) is 4. The van der Waals surface area contributed by atoms with Crippen LogP contribution in [0.1, 0.15) is 6.42 Å². The van der Waals surface area contributed by atoms with E-state index in [0.717, 1.165) is 26.9 Å². The second-order valence-electron chi connectivity index (χ2n) is 8.59. The number of rotatable bonds is 9. The van der Waals surface area contributed by atoms with Gasteiger partial charge in [0.15, 0.2) is 0 Å². The highest BCUT2D eigenvalue weighted by atomic mass is 32.2. The van der Waals surface area contributed by atoms with Crippen LogP contribution < -0.4 is 10.0 Å². The number of hydrogen-bond acceptors (Lipinski definition) is 6. The Morgan fingerprint density at radius 2 is 1.79 bits per heavy atom. The molecule has 2 N–H and O–H groups in total. The summed E-state index contributed by atoms with van der Waals surface area (Å²) in [5.41, 5.74) is 2.75. The van der Waals surface area contributed by atoms with Crippen LogP contribution in [0.15, 0.2) is 101 Å². The maximum atomic E-state index is 13.5. The summed E-state index contributed by atoms with van der Waals surface area (Å²) >= 11 is 0. The van der Waals surface area contributed by atoms with Gasteiger partial charge in [0.1, 0.15) is 34.5 Å². The molecule has 0 aliphatic carbocycles. The van der Waals surface area contributed by atoms with Gasteiger partial charge in [-0.1, -0.05) is 30.3 Å². The summed E-state index contributed by atoms with van der Waals surface area (Å²) in [5, 5.41) is 5.41. The molecular weight excluding hydrogens is 503 g/mol. The van der Waals surface area contributed by atoms with E-state index >= 15 is 0 Å². The van der Waals surface area contributed by atoms with E-state index in [9.17, 15) is 8.60 Å². The fraction of sp³-hybridized carbons (Fsp3) is 0.107. The minimum absolute atomic E-state index is 0.317. The van der Waals surface area contributed by atoms with Crippen molar-refractivity contribution >= 4 is 33.6 Å². The monoisotopic (exact) mass is 526 g/mol. The molecule has 0 saturated carbocycles.